The highest BCUT2D eigenvalue weighted by Gasteiger charge is 2.22. The minimum Gasteiger partial charge on any atom is -0.349 e. The van der Waals surface area contributed by atoms with E-state index >= 15 is 0 Å². The van der Waals surface area contributed by atoms with Crippen molar-refractivity contribution in [1.82, 2.24) is 9.88 Å². The van der Waals surface area contributed by atoms with Crippen molar-refractivity contribution in [2.45, 2.75) is 56.5 Å². The van der Waals surface area contributed by atoms with Crippen molar-refractivity contribution in [3.05, 3.63) is 57.7 Å². The molecule has 1 amide bonds. The van der Waals surface area contributed by atoms with Gasteiger partial charge in [-0.25, -0.2) is 8.42 Å². The van der Waals surface area contributed by atoms with Crippen LogP contribution in [-0.4, -0.2) is 24.9 Å². The van der Waals surface area contributed by atoms with Gasteiger partial charge in [0.1, 0.15) is 0 Å². The van der Waals surface area contributed by atoms with Crippen molar-refractivity contribution >= 4 is 43.2 Å². The Morgan fingerprint density at radius 2 is 1.87 bits per heavy atom. The maximum atomic E-state index is 13.0. The van der Waals surface area contributed by atoms with E-state index in [-0.39, 0.29) is 27.4 Å². The van der Waals surface area contributed by atoms with Crippen molar-refractivity contribution in [3.8, 4) is 0 Å². The topological polar surface area (TPSA) is 97.3 Å². The quantitative estimate of drug-likeness (QED) is 0.583. The second-order valence-electron chi connectivity index (χ2n) is 7.70. The van der Waals surface area contributed by atoms with E-state index in [1.54, 1.807) is 34.9 Å². The predicted octanol–water partition coefficient (Wildman–Crippen LogP) is 3.95. The number of thiazole rings is 1. The lowest BCUT2D eigenvalue weighted by atomic mass is 9.95. The average Bonchev–Trinajstić information content (AvgIpc) is 3.08. The Balaban J connectivity index is 1.60. The molecule has 0 spiro atoms. The molecule has 1 fully saturated rings. The summed E-state index contributed by atoms with van der Waals surface area (Å²) in [6, 6.07) is 11.3. The number of fused-ring (bicyclic) bond motifs is 1. The number of nitrogens with one attached hydrogen (secondary N) is 2. The molecule has 3 aromatic rings. The molecule has 0 atom stereocenters. The summed E-state index contributed by atoms with van der Waals surface area (Å²) in [6.07, 6.45) is 5.25. The average molecular weight is 460 g/mol. The molecule has 0 saturated heterocycles. The summed E-state index contributed by atoms with van der Waals surface area (Å²) in [5, 5.41) is 3.03. The fourth-order valence-electron chi connectivity index (χ4n) is 4.00. The zero-order chi connectivity index (χ0) is 22.0. The van der Waals surface area contributed by atoms with Gasteiger partial charge in [0.2, 0.25) is 0 Å². The van der Waals surface area contributed by atoms with E-state index in [9.17, 15) is 18.0 Å². The highest BCUT2D eigenvalue weighted by atomic mass is 32.2. The number of carbonyl (C=O) groups excluding carboxylic acids is 1. The Hall–Kier alpha value is -2.65. The minimum atomic E-state index is -3.94. The minimum absolute atomic E-state index is 0.0481. The van der Waals surface area contributed by atoms with Gasteiger partial charge >= 0.3 is 4.87 Å². The lowest BCUT2D eigenvalue weighted by Crippen LogP contribution is -2.36. The van der Waals surface area contributed by atoms with Crippen LogP contribution in [0.3, 0.4) is 0 Å². The van der Waals surface area contributed by atoms with Gasteiger partial charge in [-0.2, -0.15) is 0 Å². The van der Waals surface area contributed by atoms with Crippen molar-refractivity contribution in [1.29, 1.82) is 0 Å². The van der Waals surface area contributed by atoms with E-state index in [1.807, 2.05) is 6.92 Å². The van der Waals surface area contributed by atoms with Crippen molar-refractivity contribution in [2.75, 3.05) is 4.72 Å². The van der Waals surface area contributed by atoms with Crippen LogP contribution in [0.2, 0.25) is 0 Å². The maximum Gasteiger partial charge on any atom is 0.308 e. The number of benzene rings is 2. The van der Waals surface area contributed by atoms with Crippen molar-refractivity contribution in [2.24, 2.45) is 0 Å². The Morgan fingerprint density at radius 3 is 2.61 bits per heavy atom. The number of carbonyl (C=O) groups is 1. The van der Waals surface area contributed by atoms with Gasteiger partial charge in [-0.05, 0) is 50.1 Å². The first-order valence-corrected chi connectivity index (χ1v) is 12.7. The van der Waals surface area contributed by atoms with E-state index in [1.165, 1.54) is 18.6 Å². The summed E-state index contributed by atoms with van der Waals surface area (Å²) >= 11 is 1.02. The standard InChI is InChI=1S/C22H25N3O4S2/c1-2-25-19-13-12-16(14-20(19)30-22(25)27)31(28,29)24-18-11-7-6-10-17(18)21(26)23-15-8-4-3-5-9-15/h6-7,10-15,24H,2-5,8-9H2,1H3,(H,23,26). The van der Waals surface area contributed by atoms with Crippen LogP contribution in [0.1, 0.15) is 49.4 Å². The molecule has 1 aromatic heterocycles. The summed E-state index contributed by atoms with van der Waals surface area (Å²) in [6.45, 7) is 2.39. The van der Waals surface area contributed by atoms with E-state index in [2.05, 4.69) is 10.0 Å². The first kappa shape index (κ1) is 21.6. The first-order valence-electron chi connectivity index (χ1n) is 10.4. The van der Waals surface area contributed by atoms with Crippen LogP contribution in [0.5, 0.6) is 0 Å². The third-order valence-electron chi connectivity index (χ3n) is 5.62. The zero-order valence-corrected chi connectivity index (χ0v) is 18.9. The predicted molar refractivity (Wildman–Crippen MR) is 123 cm³/mol. The summed E-state index contributed by atoms with van der Waals surface area (Å²) < 4.78 is 30.9. The SMILES string of the molecule is CCn1c(=O)sc2cc(S(=O)(=O)Nc3ccccc3C(=O)NC3CCCCC3)ccc21. The van der Waals surface area contributed by atoms with Gasteiger partial charge in [0.15, 0.2) is 0 Å². The molecule has 2 N–H and O–H groups in total. The van der Waals surface area contributed by atoms with E-state index in [0.29, 0.717) is 22.3 Å². The highest BCUT2D eigenvalue weighted by molar-refractivity contribution is 7.92. The number of hydrogen-bond donors (Lipinski definition) is 2. The van der Waals surface area contributed by atoms with Crippen LogP contribution in [0, 0.1) is 0 Å². The molecule has 0 bridgehead atoms. The Bertz CT molecular complexity index is 1270. The third-order valence-corrected chi connectivity index (χ3v) is 7.93. The number of rotatable bonds is 6. The molecule has 1 saturated carbocycles. The summed E-state index contributed by atoms with van der Waals surface area (Å²) in [5.74, 6) is -0.279. The number of aromatic nitrogens is 1. The lowest BCUT2D eigenvalue weighted by molar-refractivity contribution is 0.0928. The smallest absolute Gasteiger partial charge is 0.308 e. The molecule has 7 nitrogen and oxygen atoms in total. The van der Waals surface area contributed by atoms with E-state index in [0.717, 1.165) is 37.0 Å². The van der Waals surface area contributed by atoms with Gasteiger partial charge in [-0.1, -0.05) is 42.7 Å². The maximum absolute atomic E-state index is 13.0. The van der Waals surface area contributed by atoms with Crippen molar-refractivity contribution in [3.63, 3.8) is 0 Å². The number of hydrogen-bond acceptors (Lipinski definition) is 5. The van der Waals surface area contributed by atoms with E-state index in [4.69, 9.17) is 0 Å². The van der Waals surface area contributed by atoms with Crippen LogP contribution in [0.25, 0.3) is 10.2 Å². The summed E-state index contributed by atoms with van der Waals surface area (Å²) in [7, 11) is -3.94. The molecule has 1 aliphatic carbocycles. The van der Waals surface area contributed by atoms with Crippen LogP contribution < -0.4 is 14.9 Å². The van der Waals surface area contributed by atoms with Gasteiger partial charge in [0, 0.05) is 12.6 Å². The fourth-order valence-corrected chi connectivity index (χ4v) is 6.17. The molecule has 1 aliphatic rings. The van der Waals surface area contributed by atoms with Gasteiger partial charge in [0.25, 0.3) is 15.9 Å². The number of amides is 1. The molecule has 9 heteroatoms. The molecule has 0 unspecified atom stereocenters. The highest BCUT2D eigenvalue weighted by Crippen LogP contribution is 2.25. The van der Waals surface area contributed by atoms with Gasteiger partial charge < -0.3 is 5.32 Å². The van der Waals surface area contributed by atoms with Crippen LogP contribution in [0.4, 0.5) is 5.69 Å². The number of nitrogens with zero attached hydrogens (tertiary/aromatic N) is 1. The summed E-state index contributed by atoms with van der Waals surface area (Å²) in [4.78, 5) is 24.8. The fraction of sp³-hybridized carbons (Fsp3) is 0.364. The molecule has 31 heavy (non-hydrogen) atoms. The molecule has 2 aromatic carbocycles. The number of anilines is 1. The van der Waals surface area contributed by atoms with Gasteiger partial charge in [0.05, 0.1) is 26.4 Å². The Labute approximate surface area is 185 Å². The molecular formula is C22H25N3O4S2. The lowest BCUT2D eigenvalue weighted by Gasteiger charge is -2.23. The summed E-state index contributed by atoms with van der Waals surface area (Å²) in [5.41, 5.74) is 1.23. The third kappa shape index (κ3) is 4.52. The Morgan fingerprint density at radius 1 is 1.13 bits per heavy atom. The van der Waals surface area contributed by atoms with Gasteiger partial charge in [-0.15, -0.1) is 0 Å². The van der Waals surface area contributed by atoms with Gasteiger partial charge in [-0.3, -0.25) is 18.9 Å². The normalized spacial score (nSPS) is 15.1. The second-order valence-corrected chi connectivity index (χ2v) is 10.4. The molecule has 1 heterocycles. The number of sulfonamides is 1. The molecular weight excluding hydrogens is 434 g/mol. The van der Waals surface area contributed by atoms with Crippen LogP contribution >= 0.6 is 11.3 Å². The van der Waals surface area contributed by atoms with Crippen LogP contribution in [0.15, 0.2) is 52.2 Å². The molecule has 4 rings (SSSR count). The second kappa shape index (κ2) is 8.84. The monoisotopic (exact) mass is 459 g/mol. The zero-order valence-electron chi connectivity index (χ0n) is 17.3. The molecule has 164 valence electrons. The van der Waals surface area contributed by atoms with Crippen LogP contribution in [-0.2, 0) is 16.6 Å². The first-order chi connectivity index (χ1) is 14.9. The number of para-hydroxylation sites is 1. The number of aryl methyl sites for hydroxylation is 1. The van der Waals surface area contributed by atoms with Crippen molar-refractivity contribution < 1.29 is 13.2 Å². The molecule has 0 radical (unpaired) electrons. The largest absolute Gasteiger partial charge is 0.349 e. The Kier molecular flexibility index (Phi) is 6.15. The van der Waals surface area contributed by atoms with E-state index < -0.39 is 10.0 Å². The molecule has 0 aliphatic heterocycles.